The first-order valence-corrected chi connectivity index (χ1v) is 6.54. The Bertz CT molecular complexity index is 510. The summed E-state index contributed by atoms with van der Waals surface area (Å²) >= 11 is 0. The van der Waals surface area contributed by atoms with Gasteiger partial charge in [0.15, 0.2) is 6.20 Å². The van der Waals surface area contributed by atoms with Crippen molar-refractivity contribution in [3.63, 3.8) is 0 Å². The van der Waals surface area contributed by atoms with Gasteiger partial charge in [0.1, 0.15) is 12.2 Å². The molecule has 0 N–H and O–H groups in total. The fourth-order valence-corrected chi connectivity index (χ4v) is 2.13. The smallest absolute Gasteiger partial charge is 0.410 e. The molecule has 2 heterocycles. The molecule has 2 rings (SSSR count). The van der Waals surface area contributed by atoms with Gasteiger partial charge in [-0.05, 0) is 26.8 Å². The zero-order valence-electron chi connectivity index (χ0n) is 12.3. The number of hydrogen-bond acceptors (Lipinski definition) is 4. The van der Waals surface area contributed by atoms with Crippen LogP contribution in [0.15, 0.2) is 18.3 Å². The molecule has 6 nitrogen and oxygen atoms in total. The molecule has 1 aromatic rings. The Morgan fingerprint density at radius 3 is 2.90 bits per heavy atom. The van der Waals surface area contributed by atoms with Crippen molar-refractivity contribution in [1.82, 2.24) is 4.90 Å². The Morgan fingerprint density at radius 2 is 2.25 bits per heavy atom. The quantitative estimate of drug-likeness (QED) is 0.581. The molecule has 1 atom stereocenters. The van der Waals surface area contributed by atoms with Crippen LogP contribution >= 0.6 is 0 Å². The van der Waals surface area contributed by atoms with E-state index in [2.05, 4.69) is 0 Å². The topological polar surface area (TPSA) is 65.7 Å². The van der Waals surface area contributed by atoms with E-state index in [0.29, 0.717) is 12.3 Å². The molecule has 0 spiro atoms. The van der Waals surface area contributed by atoms with E-state index in [9.17, 15) is 10.0 Å². The van der Waals surface area contributed by atoms with Crippen LogP contribution in [0.3, 0.4) is 0 Å². The van der Waals surface area contributed by atoms with Crippen molar-refractivity contribution in [3.8, 4) is 0 Å². The highest BCUT2D eigenvalue weighted by molar-refractivity contribution is 5.68. The summed E-state index contributed by atoms with van der Waals surface area (Å²) in [6, 6.07) is 3.21. The van der Waals surface area contributed by atoms with Crippen LogP contribution in [-0.2, 0) is 16.1 Å². The van der Waals surface area contributed by atoms with Crippen LogP contribution < -0.4 is 4.73 Å². The summed E-state index contributed by atoms with van der Waals surface area (Å²) in [6.07, 6.45) is 0.998. The Morgan fingerprint density at radius 1 is 1.55 bits per heavy atom. The summed E-state index contributed by atoms with van der Waals surface area (Å²) in [5.74, 6) is 0. The molecule has 0 saturated carbocycles. The van der Waals surface area contributed by atoms with Crippen LogP contribution in [0.4, 0.5) is 4.79 Å². The van der Waals surface area contributed by atoms with E-state index in [-0.39, 0.29) is 12.6 Å². The van der Waals surface area contributed by atoms with Crippen molar-refractivity contribution >= 4 is 6.09 Å². The molecular formula is C14H20N2O4. The second kappa shape index (κ2) is 5.28. The Balaban J connectivity index is 2.23. The van der Waals surface area contributed by atoms with Gasteiger partial charge in [-0.15, -0.1) is 0 Å². The van der Waals surface area contributed by atoms with Crippen molar-refractivity contribution in [2.24, 2.45) is 0 Å². The zero-order valence-corrected chi connectivity index (χ0v) is 12.3. The second-order valence-electron chi connectivity index (χ2n) is 5.86. The minimum atomic E-state index is -0.557. The fraction of sp³-hybridized carbons (Fsp3) is 0.571. The SMILES string of the molecule is CN(C(=O)OC(C)(C)C)C1COCc2c1ccc[n+]2[O-]. The third-order valence-electron chi connectivity index (χ3n) is 3.12. The predicted octanol–water partition coefficient (Wildman–Crippen LogP) is 1.76. The molecule has 1 unspecified atom stereocenters. The van der Waals surface area contributed by atoms with E-state index in [1.807, 2.05) is 26.8 Å². The molecule has 0 radical (unpaired) electrons. The number of rotatable bonds is 1. The molecule has 0 bridgehead atoms. The van der Waals surface area contributed by atoms with E-state index in [1.165, 1.54) is 11.1 Å². The van der Waals surface area contributed by atoms with Crippen LogP contribution in [0.1, 0.15) is 38.1 Å². The number of aromatic nitrogens is 1. The Hall–Kier alpha value is -1.82. The van der Waals surface area contributed by atoms with Gasteiger partial charge >= 0.3 is 6.09 Å². The third kappa shape index (κ3) is 3.01. The molecule has 110 valence electrons. The third-order valence-corrected chi connectivity index (χ3v) is 3.12. The first-order chi connectivity index (χ1) is 9.29. The lowest BCUT2D eigenvalue weighted by Crippen LogP contribution is -2.43. The lowest BCUT2D eigenvalue weighted by Gasteiger charge is -2.33. The number of amides is 1. The normalized spacial score (nSPS) is 18.3. The van der Waals surface area contributed by atoms with E-state index in [0.717, 1.165) is 10.3 Å². The molecule has 1 aliphatic heterocycles. The summed E-state index contributed by atoms with van der Waals surface area (Å²) in [5, 5.41) is 11.7. The van der Waals surface area contributed by atoms with Crippen LogP contribution in [0, 0.1) is 5.21 Å². The molecule has 0 aromatic carbocycles. The standard InChI is InChI=1S/C14H20N2O4/c1-14(2,3)20-13(17)15(4)11-8-19-9-12-10(11)6-5-7-16(12)18/h5-7,11H,8-9H2,1-4H3. The largest absolute Gasteiger partial charge is 0.618 e. The van der Waals surface area contributed by atoms with Gasteiger partial charge in [-0.2, -0.15) is 4.73 Å². The van der Waals surface area contributed by atoms with Crippen LogP contribution in [-0.4, -0.2) is 30.2 Å². The second-order valence-corrected chi connectivity index (χ2v) is 5.86. The molecule has 6 heteroatoms. The van der Waals surface area contributed by atoms with Gasteiger partial charge in [0.05, 0.1) is 12.6 Å². The maximum atomic E-state index is 12.1. The molecule has 1 aromatic heterocycles. The van der Waals surface area contributed by atoms with E-state index in [4.69, 9.17) is 9.47 Å². The van der Waals surface area contributed by atoms with Gasteiger partial charge in [-0.25, -0.2) is 4.79 Å². The number of likely N-dealkylation sites (N-methyl/N-ethyl adjacent to an activating group) is 1. The maximum absolute atomic E-state index is 12.1. The minimum Gasteiger partial charge on any atom is -0.618 e. The highest BCUT2D eigenvalue weighted by atomic mass is 16.6. The summed E-state index contributed by atoms with van der Waals surface area (Å²) in [4.78, 5) is 13.6. The molecule has 0 saturated heterocycles. The highest BCUT2D eigenvalue weighted by Gasteiger charge is 2.33. The number of nitrogens with zero attached hydrogens (tertiary/aromatic N) is 2. The number of carbonyl (C=O) groups is 1. The van der Waals surface area contributed by atoms with E-state index >= 15 is 0 Å². The van der Waals surface area contributed by atoms with Gasteiger partial charge in [-0.1, -0.05) is 0 Å². The maximum Gasteiger partial charge on any atom is 0.410 e. The van der Waals surface area contributed by atoms with Gasteiger partial charge in [0.25, 0.3) is 0 Å². The van der Waals surface area contributed by atoms with Crippen LogP contribution in [0.5, 0.6) is 0 Å². The number of pyridine rings is 1. The zero-order chi connectivity index (χ0) is 14.9. The lowest BCUT2D eigenvalue weighted by atomic mass is 10.0. The van der Waals surface area contributed by atoms with E-state index < -0.39 is 11.7 Å². The van der Waals surface area contributed by atoms with Crippen LogP contribution in [0.25, 0.3) is 0 Å². The van der Waals surface area contributed by atoms with Crippen molar-refractivity contribution in [3.05, 3.63) is 34.8 Å². The van der Waals surface area contributed by atoms with Crippen molar-refractivity contribution in [2.75, 3.05) is 13.7 Å². The Kier molecular flexibility index (Phi) is 3.85. The number of ether oxygens (including phenoxy) is 2. The first kappa shape index (κ1) is 14.6. The first-order valence-electron chi connectivity index (χ1n) is 6.54. The Labute approximate surface area is 118 Å². The molecule has 1 amide bonds. The average molecular weight is 280 g/mol. The average Bonchev–Trinajstić information content (AvgIpc) is 2.36. The number of carbonyl (C=O) groups excluding carboxylic acids is 1. The van der Waals surface area contributed by atoms with Crippen molar-refractivity contribution in [1.29, 1.82) is 0 Å². The summed E-state index contributed by atoms with van der Waals surface area (Å²) < 4.78 is 11.5. The van der Waals surface area contributed by atoms with Gasteiger partial charge in [-0.3, -0.25) is 0 Å². The number of fused-ring (bicyclic) bond motifs is 1. The lowest BCUT2D eigenvalue weighted by molar-refractivity contribution is -0.618. The molecule has 20 heavy (non-hydrogen) atoms. The summed E-state index contributed by atoms with van der Waals surface area (Å²) in [5.41, 5.74) is 0.792. The van der Waals surface area contributed by atoms with Crippen molar-refractivity contribution < 1.29 is 19.0 Å². The fourth-order valence-electron chi connectivity index (χ4n) is 2.13. The predicted molar refractivity (Wildman–Crippen MR) is 71.8 cm³/mol. The summed E-state index contributed by atoms with van der Waals surface area (Å²) in [6.45, 7) is 6.06. The molecule has 0 aliphatic carbocycles. The van der Waals surface area contributed by atoms with Gasteiger partial charge in [0.2, 0.25) is 5.69 Å². The van der Waals surface area contributed by atoms with Gasteiger partial charge in [0, 0.05) is 18.7 Å². The monoisotopic (exact) mass is 280 g/mol. The van der Waals surface area contributed by atoms with Crippen molar-refractivity contribution in [2.45, 2.75) is 39.0 Å². The minimum absolute atomic E-state index is 0.262. The molecule has 1 aliphatic rings. The highest BCUT2D eigenvalue weighted by Crippen LogP contribution is 2.27. The number of hydrogen-bond donors (Lipinski definition) is 0. The molecular weight excluding hydrogens is 260 g/mol. The summed E-state index contributed by atoms with van der Waals surface area (Å²) in [7, 11) is 1.65. The van der Waals surface area contributed by atoms with Gasteiger partial charge < -0.3 is 19.6 Å². The molecule has 0 fully saturated rings. The van der Waals surface area contributed by atoms with Crippen LogP contribution in [0.2, 0.25) is 0 Å². The van der Waals surface area contributed by atoms with E-state index in [1.54, 1.807) is 13.1 Å².